The standard InChI is InChI=1S/C7H12F3N/c1-6(2)11-5-3-4-7(8,9)10/h11H,1,3-5H2,2H3. The van der Waals surface area contributed by atoms with Crippen LogP contribution in [-0.2, 0) is 0 Å². The Labute approximate surface area is 64.3 Å². The van der Waals surface area contributed by atoms with Gasteiger partial charge >= 0.3 is 6.18 Å². The Morgan fingerprint density at radius 1 is 1.45 bits per heavy atom. The monoisotopic (exact) mass is 167 g/mol. The van der Waals surface area contributed by atoms with Crippen LogP contribution in [0.25, 0.3) is 0 Å². The summed E-state index contributed by atoms with van der Waals surface area (Å²) < 4.78 is 34.6. The van der Waals surface area contributed by atoms with E-state index in [2.05, 4.69) is 11.9 Å². The minimum Gasteiger partial charge on any atom is -0.389 e. The molecular weight excluding hydrogens is 155 g/mol. The van der Waals surface area contributed by atoms with Crippen molar-refractivity contribution in [1.29, 1.82) is 0 Å². The van der Waals surface area contributed by atoms with Crippen molar-refractivity contribution < 1.29 is 13.2 Å². The minimum absolute atomic E-state index is 0.107. The zero-order valence-electron chi connectivity index (χ0n) is 6.46. The maximum Gasteiger partial charge on any atom is 0.389 e. The topological polar surface area (TPSA) is 12.0 Å². The van der Waals surface area contributed by atoms with Gasteiger partial charge in [0.2, 0.25) is 0 Å². The molecule has 0 aromatic rings. The first-order valence-corrected chi connectivity index (χ1v) is 3.38. The van der Waals surface area contributed by atoms with E-state index < -0.39 is 12.6 Å². The summed E-state index contributed by atoms with van der Waals surface area (Å²) in [5, 5.41) is 2.72. The highest BCUT2D eigenvalue weighted by atomic mass is 19.4. The first-order chi connectivity index (χ1) is 4.92. The molecule has 0 heterocycles. The molecule has 0 aromatic carbocycles. The van der Waals surface area contributed by atoms with Crippen LogP contribution in [0.1, 0.15) is 19.8 Å². The second-order valence-corrected chi connectivity index (χ2v) is 2.43. The zero-order chi connectivity index (χ0) is 8.91. The molecule has 0 unspecified atom stereocenters. The summed E-state index contributed by atoms with van der Waals surface area (Å²) in [6.07, 6.45) is -4.65. The number of halogens is 3. The van der Waals surface area contributed by atoms with Gasteiger partial charge < -0.3 is 5.32 Å². The lowest BCUT2D eigenvalue weighted by atomic mass is 10.3. The summed E-state index contributed by atoms with van der Waals surface area (Å²) in [6, 6.07) is 0. The largest absolute Gasteiger partial charge is 0.389 e. The maximum atomic E-state index is 11.5. The van der Waals surface area contributed by atoms with Gasteiger partial charge in [0.1, 0.15) is 0 Å². The zero-order valence-corrected chi connectivity index (χ0v) is 6.46. The van der Waals surface area contributed by atoms with E-state index in [9.17, 15) is 13.2 Å². The van der Waals surface area contributed by atoms with Crippen LogP contribution in [0, 0.1) is 0 Å². The van der Waals surface area contributed by atoms with E-state index in [0.717, 1.165) is 0 Å². The molecule has 66 valence electrons. The van der Waals surface area contributed by atoms with E-state index in [0.29, 0.717) is 12.2 Å². The molecule has 0 saturated heterocycles. The summed E-state index contributed by atoms with van der Waals surface area (Å²) in [7, 11) is 0. The van der Waals surface area contributed by atoms with Gasteiger partial charge in [-0.1, -0.05) is 6.58 Å². The third-order valence-electron chi connectivity index (χ3n) is 1.06. The Hall–Kier alpha value is -0.670. The normalized spacial score (nSPS) is 11.3. The second-order valence-electron chi connectivity index (χ2n) is 2.43. The van der Waals surface area contributed by atoms with Crippen LogP contribution in [0.15, 0.2) is 12.3 Å². The number of hydrogen-bond donors (Lipinski definition) is 1. The minimum atomic E-state index is -4.03. The second kappa shape index (κ2) is 4.26. The van der Waals surface area contributed by atoms with E-state index in [1.807, 2.05) is 0 Å². The molecule has 1 N–H and O–H groups in total. The molecule has 0 rings (SSSR count). The molecule has 1 nitrogen and oxygen atoms in total. The van der Waals surface area contributed by atoms with Gasteiger partial charge in [-0.15, -0.1) is 0 Å². The fourth-order valence-corrected chi connectivity index (χ4v) is 0.591. The summed E-state index contributed by atoms with van der Waals surface area (Å²) in [4.78, 5) is 0. The smallest absolute Gasteiger partial charge is 0.389 e. The lowest BCUT2D eigenvalue weighted by molar-refractivity contribution is -0.135. The van der Waals surface area contributed by atoms with Crippen LogP contribution in [-0.4, -0.2) is 12.7 Å². The Morgan fingerprint density at radius 3 is 2.36 bits per heavy atom. The van der Waals surface area contributed by atoms with Gasteiger partial charge in [-0.05, 0) is 13.3 Å². The fraction of sp³-hybridized carbons (Fsp3) is 0.714. The number of allylic oxidation sites excluding steroid dienone is 1. The molecule has 0 atom stereocenters. The number of nitrogens with one attached hydrogen (secondary N) is 1. The van der Waals surface area contributed by atoms with Crippen LogP contribution in [0.2, 0.25) is 0 Å². The maximum absolute atomic E-state index is 11.5. The first kappa shape index (κ1) is 10.3. The van der Waals surface area contributed by atoms with Crippen molar-refractivity contribution in [3.63, 3.8) is 0 Å². The van der Waals surface area contributed by atoms with Gasteiger partial charge in [0.25, 0.3) is 0 Å². The van der Waals surface area contributed by atoms with E-state index in [-0.39, 0.29) is 6.42 Å². The van der Waals surface area contributed by atoms with Crippen LogP contribution < -0.4 is 5.32 Å². The molecule has 0 aliphatic heterocycles. The van der Waals surface area contributed by atoms with E-state index >= 15 is 0 Å². The van der Waals surface area contributed by atoms with E-state index in [4.69, 9.17) is 0 Å². The fourth-order valence-electron chi connectivity index (χ4n) is 0.591. The summed E-state index contributed by atoms with van der Waals surface area (Å²) >= 11 is 0. The van der Waals surface area contributed by atoms with E-state index in [1.165, 1.54) is 0 Å². The van der Waals surface area contributed by atoms with Crippen LogP contribution >= 0.6 is 0 Å². The average Bonchev–Trinajstić information content (AvgIpc) is 1.78. The lowest BCUT2D eigenvalue weighted by Gasteiger charge is -2.07. The van der Waals surface area contributed by atoms with Crippen LogP contribution in [0.4, 0.5) is 13.2 Å². The molecule has 0 saturated carbocycles. The van der Waals surface area contributed by atoms with Gasteiger partial charge in [-0.25, -0.2) is 0 Å². The van der Waals surface area contributed by atoms with Gasteiger partial charge in [0.05, 0.1) is 0 Å². The Morgan fingerprint density at radius 2 is 2.00 bits per heavy atom. The third-order valence-corrected chi connectivity index (χ3v) is 1.06. The van der Waals surface area contributed by atoms with Crippen molar-refractivity contribution in [2.75, 3.05) is 6.54 Å². The molecule has 4 heteroatoms. The van der Waals surface area contributed by atoms with Crippen LogP contribution in [0.5, 0.6) is 0 Å². The Balaban J connectivity index is 3.22. The summed E-state index contributed by atoms with van der Waals surface area (Å²) in [5.41, 5.74) is 0.701. The van der Waals surface area contributed by atoms with Crippen molar-refractivity contribution in [2.45, 2.75) is 25.9 Å². The Kier molecular flexibility index (Phi) is 4.00. The highest BCUT2D eigenvalue weighted by molar-refractivity contribution is 4.83. The molecule has 0 fully saturated rings. The van der Waals surface area contributed by atoms with Crippen molar-refractivity contribution >= 4 is 0 Å². The predicted molar refractivity (Wildman–Crippen MR) is 38.1 cm³/mol. The van der Waals surface area contributed by atoms with Crippen molar-refractivity contribution in [3.8, 4) is 0 Å². The SMILES string of the molecule is C=C(C)NCCCC(F)(F)F. The Bertz CT molecular complexity index is 128. The average molecular weight is 167 g/mol. The van der Waals surface area contributed by atoms with Gasteiger partial charge in [0.15, 0.2) is 0 Å². The number of hydrogen-bond acceptors (Lipinski definition) is 1. The molecule has 0 radical (unpaired) electrons. The predicted octanol–water partition coefficient (Wildman–Crippen LogP) is 2.45. The molecular formula is C7H12F3N. The summed E-state index contributed by atoms with van der Waals surface area (Å²) in [6.45, 7) is 5.55. The molecule has 11 heavy (non-hydrogen) atoms. The number of rotatable bonds is 4. The number of alkyl halides is 3. The van der Waals surface area contributed by atoms with Gasteiger partial charge in [-0.3, -0.25) is 0 Å². The molecule has 0 aromatic heterocycles. The molecule has 0 aliphatic rings. The van der Waals surface area contributed by atoms with Gasteiger partial charge in [-0.2, -0.15) is 13.2 Å². The molecule has 0 aliphatic carbocycles. The summed E-state index contributed by atoms with van der Waals surface area (Å²) in [5.74, 6) is 0. The molecule has 0 spiro atoms. The lowest BCUT2D eigenvalue weighted by Crippen LogP contribution is -2.15. The highest BCUT2D eigenvalue weighted by Gasteiger charge is 2.25. The third kappa shape index (κ3) is 9.33. The van der Waals surface area contributed by atoms with Crippen molar-refractivity contribution in [2.24, 2.45) is 0 Å². The van der Waals surface area contributed by atoms with E-state index in [1.54, 1.807) is 6.92 Å². The van der Waals surface area contributed by atoms with Crippen molar-refractivity contribution in [3.05, 3.63) is 12.3 Å². The van der Waals surface area contributed by atoms with Gasteiger partial charge in [0, 0.05) is 18.7 Å². The highest BCUT2D eigenvalue weighted by Crippen LogP contribution is 2.20. The first-order valence-electron chi connectivity index (χ1n) is 3.38. The van der Waals surface area contributed by atoms with Crippen LogP contribution in [0.3, 0.4) is 0 Å². The molecule has 0 amide bonds. The van der Waals surface area contributed by atoms with Crippen molar-refractivity contribution in [1.82, 2.24) is 5.32 Å². The quantitative estimate of drug-likeness (QED) is 0.634. The molecule has 0 bridgehead atoms.